The van der Waals surface area contributed by atoms with E-state index < -0.39 is 10.1 Å². The first kappa shape index (κ1) is 30.9. The Morgan fingerprint density at radius 2 is 1.38 bits per heavy atom. The summed E-state index contributed by atoms with van der Waals surface area (Å²) < 4.78 is 29.6. The second-order valence-electron chi connectivity index (χ2n) is 11.0. The lowest BCUT2D eigenvalue weighted by Gasteiger charge is -2.15. The van der Waals surface area contributed by atoms with Gasteiger partial charge in [0.1, 0.15) is 0 Å². The standard InChI is InChI=1S/C30H52O3S/c1-25(2)13-10-15-27(4)17-12-19-28(5)18-11-16-26(3)14-8-7-9-24-33-34(31,32)30-22-20-29(6)21-23-30/h14,20-23,25,27-28H,7-13,15-19,24H2,1-6H3/b26-14+. The summed E-state index contributed by atoms with van der Waals surface area (Å²) in [4.78, 5) is 0.235. The highest BCUT2D eigenvalue weighted by atomic mass is 32.2. The first-order valence-corrected chi connectivity index (χ1v) is 15.1. The molecule has 196 valence electrons. The molecule has 1 aromatic rings. The fraction of sp³-hybridized carbons (Fsp3) is 0.733. The fourth-order valence-corrected chi connectivity index (χ4v) is 5.29. The van der Waals surface area contributed by atoms with Gasteiger partial charge in [-0.05, 0) is 75.8 Å². The zero-order valence-corrected chi connectivity index (χ0v) is 23.8. The summed E-state index contributed by atoms with van der Waals surface area (Å²) in [5, 5.41) is 0. The average Bonchev–Trinajstić information content (AvgIpc) is 2.76. The van der Waals surface area contributed by atoms with Gasteiger partial charge in [-0.15, -0.1) is 0 Å². The van der Waals surface area contributed by atoms with Crippen molar-refractivity contribution in [1.82, 2.24) is 0 Å². The van der Waals surface area contributed by atoms with Gasteiger partial charge in [-0.3, -0.25) is 4.18 Å². The second kappa shape index (κ2) is 17.3. The Labute approximate surface area is 211 Å². The molecule has 2 unspecified atom stereocenters. The molecule has 0 aliphatic carbocycles. The second-order valence-corrected chi connectivity index (χ2v) is 12.6. The monoisotopic (exact) mass is 492 g/mol. The van der Waals surface area contributed by atoms with Crippen molar-refractivity contribution in [3.8, 4) is 0 Å². The Bertz CT molecular complexity index is 778. The van der Waals surface area contributed by atoms with Crippen LogP contribution in [0.15, 0.2) is 40.8 Å². The normalized spacial score (nSPS) is 14.5. The number of hydrogen-bond acceptors (Lipinski definition) is 3. The largest absolute Gasteiger partial charge is 0.296 e. The predicted octanol–water partition coefficient (Wildman–Crippen LogP) is 9.26. The van der Waals surface area contributed by atoms with Gasteiger partial charge < -0.3 is 0 Å². The Morgan fingerprint density at radius 3 is 1.97 bits per heavy atom. The van der Waals surface area contributed by atoms with Gasteiger partial charge in [0.2, 0.25) is 0 Å². The molecule has 0 aliphatic rings. The highest BCUT2D eigenvalue weighted by Crippen LogP contribution is 2.22. The van der Waals surface area contributed by atoms with E-state index in [0.29, 0.717) is 0 Å². The lowest BCUT2D eigenvalue weighted by Crippen LogP contribution is -2.07. The van der Waals surface area contributed by atoms with Crippen LogP contribution in [-0.4, -0.2) is 15.0 Å². The molecule has 0 heterocycles. The third-order valence-corrected chi connectivity index (χ3v) is 8.11. The van der Waals surface area contributed by atoms with E-state index in [2.05, 4.69) is 40.7 Å². The molecule has 0 spiro atoms. The fourth-order valence-electron chi connectivity index (χ4n) is 4.35. The van der Waals surface area contributed by atoms with Crippen LogP contribution in [0.3, 0.4) is 0 Å². The van der Waals surface area contributed by atoms with Crippen LogP contribution in [0, 0.1) is 24.7 Å². The number of rotatable bonds is 19. The van der Waals surface area contributed by atoms with E-state index in [0.717, 1.165) is 42.6 Å². The van der Waals surface area contributed by atoms with Gasteiger partial charge in [-0.2, -0.15) is 8.42 Å². The molecular weight excluding hydrogens is 440 g/mol. The van der Waals surface area contributed by atoms with Crippen molar-refractivity contribution in [3.05, 3.63) is 41.5 Å². The molecule has 0 amide bonds. The Hall–Kier alpha value is -1.13. The maximum Gasteiger partial charge on any atom is 0.296 e. The van der Waals surface area contributed by atoms with Crippen LogP contribution >= 0.6 is 0 Å². The molecule has 34 heavy (non-hydrogen) atoms. The van der Waals surface area contributed by atoms with Crippen LogP contribution in [0.5, 0.6) is 0 Å². The first-order valence-electron chi connectivity index (χ1n) is 13.7. The molecule has 0 fully saturated rings. The minimum absolute atomic E-state index is 0.235. The topological polar surface area (TPSA) is 43.4 Å². The van der Waals surface area contributed by atoms with Crippen molar-refractivity contribution in [2.75, 3.05) is 6.61 Å². The number of hydrogen-bond donors (Lipinski definition) is 0. The molecule has 1 rings (SSSR count). The van der Waals surface area contributed by atoms with Gasteiger partial charge in [0.15, 0.2) is 0 Å². The third kappa shape index (κ3) is 15.0. The van der Waals surface area contributed by atoms with Gasteiger partial charge in [-0.25, -0.2) is 0 Å². The van der Waals surface area contributed by atoms with Crippen LogP contribution in [0.4, 0.5) is 0 Å². The predicted molar refractivity (Wildman–Crippen MR) is 147 cm³/mol. The van der Waals surface area contributed by atoms with Gasteiger partial charge >= 0.3 is 0 Å². The Balaban J connectivity index is 2.08. The summed E-state index contributed by atoms with van der Waals surface area (Å²) in [6.45, 7) is 13.9. The van der Waals surface area contributed by atoms with Crippen LogP contribution in [0.1, 0.15) is 117 Å². The van der Waals surface area contributed by atoms with Gasteiger partial charge in [-0.1, -0.05) is 102 Å². The van der Waals surface area contributed by atoms with Gasteiger partial charge in [0.25, 0.3) is 10.1 Å². The zero-order chi connectivity index (χ0) is 25.4. The quantitative estimate of drug-likeness (QED) is 0.110. The van der Waals surface area contributed by atoms with E-state index in [1.54, 1.807) is 24.3 Å². The third-order valence-electron chi connectivity index (χ3n) is 6.78. The maximum absolute atomic E-state index is 12.2. The highest BCUT2D eigenvalue weighted by Gasteiger charge is 2.14. The number of benzene rings is 1. The van der Waals surface area contributed by atoms with Crippen molar-refractivity contribution in [2.45, 2.75) is 123 Å². The maximum atomic E-state index is 12.2. The average molecular weight is 493 g/mol. The molecule has 0 saturated heterocycles. The highest BCUT2D eigenvalue weighted by molar-refractivity contribution is 7.86. The molecule has 0 aromatic heterocycles. The summed E-state index contributed by atoms with van der Waals surface area (Å²) >= 11 is 0. The van der Waals surface area contributed by atoms with Gasteiger partial charge in [0, 0.05) is 0 Å². The number of unbranched alkanes of at least 4 members (excludes halogenated alkanes) is 2. The van der Waals surface area contributed by atoms with Crippen molar-refractivity contribution < 1.29 is 12.6 Å². The molecule has 0 radical (unpaired) electrons. The van der Waals surface area contributed by atoms with Crippen molar-refractivity contribution in [1.29, 1.82) is 0 Å². The van der Waals surface area contributed by atoms with Crippen LogP contribution in [0.25, 0.3) is 0 Å². The summed E-state index contributed by atoms with van der Waals surface area (Å²) in [6.07, 6.45) is 17.1. The van der Waals surface area contributed by atoms with E-state index in [-0.39, 0.29) is 11.5 Å². The summed E-state index contributed by atoms with van der Waals surface area (Å²) in [7, 11) is -3.64. The molecule has 0 aliphatic heterocycles. The Morgan fingerprint density at radius 1 is 0.824 bits per heavy atom. The smallest absolute Gasteiger partial charge is 0.266 e. The minimum Gasteiger partial charge on any atom is -0.266 e. The number of aryl methyl sites for hydroxylation is 1. The van der Waals surface area contributed by atoms with Crippen LogP contribution < -0.4 is 0 Å². The lowest BCUT2D eigenvalue weighted by atomic mass is 9.91. The molecule has 1 aromatic carbocycles. The lowest BCUT2D eigenvalue weighted by molar-refractivity contribution is 0.309. The first-order chi connectivity index (χ1) is 16.1. The van der Waals surface area contributed by atoms with E-state index in [1.807, 2.05) is 6.92 Å². The minimum atomic E-state index is -3.64. The molecule has 4 heteroatoms. The summed E-state index contributed by atoms with van der Waals surface area (Å²) in [6, 6.07) is 6.79. The summed E-state index contributed by atoms with van der Waals surface area (Å²) in [5.74, 6) is 2.54. The molecule has 0 saturated carbocycles. The molecule has 0 N–H and O–H groups in total. The van der Waals surface area contributed by atoms with E-state index in [1.165, 1.54) is 63.4 Å². The van der Waals surface area contributed by atoms with Crippen molar-refractivity contribution >= 4 is 10.1 Å². The van der Waals surface area contributed by atoms with Crippen LogP contribution in [0.2, 0.25) is 0 Å². The van der Waals surface area contributed by atoms with Crippen molar-refractivity contribution in [3.63, 3.8) is 0 Å². The van der Waals surface area contributed by atoms with E-state index in [4.69, 9.17) is 4.18 Å². The van der Waals surface area contributed by atoms with E-state index >= 15 is 0 Å². The zero-order valence-electron chi connectivity index (χ0n) is 22.9. The van der Waals surface area contributed by atoms with Crippen LogP contribution in [-0.2, 0) is 14.3 Å². The van der Waals surface area contributed by atoms with E-state index in [9.17, 15) is 8.42 Å². The van der Waals surface area contributed by atoms with Crippen molar-refractivity contribution in [2.24, 2.45) is 17.8 Å². The molecule has 2 atom stereocenters. The summed E-state index contributed by atoms with van der Waals surface area (Å²) in [5.41, 5.74) is 2.49. The molecule has 0 bridgehead atoms. The number of allylic oxidation sites excluding steroid dienone is 2. The molecule has 3 nitrogen and oxygen atoms in total. The van der Waals surface area contributed by atoms with Gasteiger partial charge in [0.05, 0.1) is 11.5 Å². The molecular formula is C30H52O3S. The Kier molecular flexibility index (Phi) is 15.7. The SMILES string of the molecule is C/C(=C\CCCCOS(=O)(=O)c1ccc(C)cc1)CCCC(C)CCCC(C)CCCC(C)C.